The maximum Gasteiger partial charge on any atom is 0.163 e. The highest BCUT2D eigenvalue weighted by Gasteiger charge is 2.39. The second kappa shape index (κ2) is 9.28. The van der Waals surface area contributed by atoms with E-state index >= 15 is 0 Å². The van der Waals surface area contributed by atoms with E-state index < -0.39 is 13.9 Å². The first-order valence-electron chi connectivity index (χ1n) is 10.4. The zero-order valence-corrected chi connectivity index (χ0v) is 19.3. The van der Waals surface area contributed by atoms with Gasteiger partial charge >= 0.3 is 0 Å². The summed E-state index contributed by atoms with van der Waals surface area (Å²) in [7, 11) is -1.52. The molecule has 1 aliphatic rings. The van der Waals surface area contributed by atoms with Gasteiger partial charge in [0.25, 0.3) is 0 Å². The van der Waals surface area contributed by atoms with E-state index in [0.717, 1.165) is 13.1 Å². The summed E-state index contributed by atoms with van der Waals surface area (Å²) in [6, 6.07) is 21.2. The van der Waals surface area contributed by atoms with Crippen LogP contribution in [0.3, 0.4) is 0 Å². The minimum Gasteiger partial charge on any atom is -0.348 e. The molecule has 154 valence electrons. The SMILES string of the molecule is CC1(C)OC[C@H]([C@@H](C#C[Si](C)(C)C)N(Cc2ccccc2)Cc2ccccc2)O1. The zero-order chi connectivity index (χ0) is 20.9. The lowest BCUT2D eigenvalue weighted by molar-refractivity contribution is -0.144. The third kappa shape index (κ3) is 6.83. The molecule has 0 radical (unpaired) electrons. The summed E-state index contributed by atoms with van der Waals surface area (Å²) in [4.78, 5) is 2.44. The van der Waals surface area contributed by atoms with Crippen molar-refractivity contribution in [2.75, 3.05) is 6.61 Å². The van der Waals surface area contributed by atoms with Crippen molar-refractivity contribution >= 4 is 8.07 Å². The lowest BCUT2D eigenvalue weighted by Crippen LogP contribution is -2.44. The van der Waals surface area contributed by atoms with Crippen LogP contribution >= 0.6 is 0 Å². The molecule has 1 fully saturated rings. The van der Waals surface area contributed by atoms with Gasteiger partial charge < -0.3 is 9.47 Å². The predicted octanol–water partition coefficient (Wildman–Crippen LogP) is 5.09. The summed E-state index contributed by atoms with van der Waals surface area (Å²) < 4.78 is 12.2. The molecule has 4 heteroatoms. The van der Waals surface area contributed by atoms with Gasteiger partial charge in [-0.25, -0.2) is 0 Å². The van der Waals surface area contributed by atoms with Crippen molar-refractivity contribution in [3.63, 3.8) is 0 Å². The molecule has 0 N–H and O–H groups in total. The number of rotatable bonds is 6. The summed E-state index contributed by atoms with van der Waals surface area (Å²) in [5.74, 6) is 3.05. The Kier molecular flexibility index (Phi) is 6.97. The topological polar surface area (TPSA) is 21.7 Å². The molecule has 3 nitrogen and oxygen atoms in total. The van der Waals surface area contributed by atoms with Gasteiger partial charge in [-0.3, -0.25) is 4.90 Å². The van der Waals surface area contributed by atoms with E-state index in [1.54, 1.807) is 0 Å². The van der Waals surface area contributed by atoms with Crippen LogP contribution in [0, 0.1) is 11.5 Å². The van der Waals surface area contributed by atoms with Crippen molar-refractivity contribution in [2.24, 2.45) is 0 Å². The highest BCUT2D eigenvalue weighted by atomic mass is 28.3. The summed E-state index contributed by atoms with van der Waals surface area (Å²) in [5, 5.41) is 0. The van der Waals surface area contributed by atoms with Gasteiger partial charge in [-0.15, -0.1) is 5.54 Å². The largest absolute Gasteiger partial charge is 0.348 e. The van der Waals surface area contributed by atoms with E-state index in [2.05, 4.69) is 96.7 Å². The van der Waals surface area contributed by atoms with Crippen molar-refractivity contribution < 1.29 is 9.47 Å². The second-order valence-electron chi connectivity index (χ2n) is 9.21. The summed E-state index contributed by atoms with van der Waals surface area (Å²) >= 11 is 0. The molecular weight excluding hydrogens is 374 g/mol. The number of nitrogens with zero attached hydrogens (tertiary/aromatic N) is 1. The first kappa shape index (κ1) is 21.8. The molecule has 2 aromatic carbocycles. The Balaban J connectivity index is 1.94. The van der Waals surface area contributed by atoms with Gasteiger partial charge in [-0.2, -0.15) is 0 Å². The van der Waals surface area contributed by atoms with Crippen molar-refractivity contribution in [2.45, 2.75) is 64.5 Å². The first-order valence-corrected chi connectivity index (χ1v) is 13.9. The standard InChI is InChI=1S/C25H33NO2Si/c1-25(2)27-20-24(28-25)23(16-17-29(3,4)5)26(18-21-12-8-6-9-13-21)19-22-14-10-7-11-15-22/h6-15,23-24H,18-20H2,1-5H3/t23-,24-/m1/s1. The quantitative estimate of drug-likeness (QED) is 0.492. The highest BCUT2D eigenvalue weighted by Crippen LogP contribution is 2.28. The summed E-state index contributed by atoms with van der Waals surface area (Å²) in [6.07, 6.45) is -0.0683. The Bertz CT molecular complexity index is 792. The van der Waals surface area contributed by atoms with Crippen LogP contribution in [0.15, 0.2) is 60.7 Å². The van der Waals surface area contributed by atoms with Crippen molar-refractivity contribution in [1.82, 2.24) is 4.90 Å². The minimum atomic E-state index is -1.52. The van der Waals surface area contributed by atoms with E-state index in [9.17, 15) is 0 Å². The molecule has 1 saturated heterocycles. The first-order chi connectivity index (χ1) is 13.7. The van der Waals surface area contributed by atoms with Gasteiger partial charge in [-0.05, 0) is 25.0 Å². The van der Waals surface area contributed by atoms with Gasteiger partial charge in [-0.1, -0.05) is 86.2 Å². The van der Waals surface area contributed by atoms with Crippen molar-refractivity contribution in [3.8, 4) is 11.5 Å². The Hall–Kier alpha value is -1.90. The molecule has 0 spiro atoms. The number of ether oxygens (including phenoxy) is 2. The molecule has 2 aromatic rings. The van der Waals surface area contributed by atoms with Crippen LogP contribution in [0.4, 0.5) is 0 Å². The van der Waals surface area contributed by atoms with Crippen molar-refractivity contribution in [3.05, 3.63) is 71.8 Å². The van der Waals surface area contributed by atoms with E-state index in [4.69, 9.17) is 9.47 Å². The Labute approximate surface area is 177 Å². The number of hydrogen-bond acceptors (Lipinski definition) is 3. The molecule has 0 bridgehead atoms. The third-order valence-electron chi connectivity index (χ3n) is 4.83. The maximum atomic E-state index is 6.28. The fourth-order valence-electron chi connectivity index (χ4n) is 3.47. The lowest BCUT2D eigenvalue weighted by atomic mass is 10.1. The molecule has 0 aromatic heterocycles. The molecule has 1 heterocycles. The zero-order valence-electron chi connectivity index (χ0n) is 18.3. The van der Waals surface area contributed by atoms with Gasteiger partial charge in [0, 0.05) is 13.1 Å². The predicted molar refractivity (Wildman–Crippen MR) is 122 cm³/mol. The Morgan fingerprint density at radius 1 is 0.966 bits per heavy atom. The van der Waals surface area contributed by atoms with Gasteiger partial charge in [0.15, 0.2) is 5.79 Å². The molecule has 0 aliphatic carbocycles. The van der Waals surface area contributed by atoms with Crippen LogP contribution in [-0.4, -0.2) is 37.5 Å². The Morgan fingerprint density at radius 2 is 1.48 bits per heavy atom. The number of benzene rings is 2. The van der Waals surface area contributed by atoms with Crippen molar-refractivity contribution in [1.29, 1.82) is 0 Å². The van der Waals surface area contributed by atoms with Crippen LogP contribution in [0.2, 0.25) is 19.6 Å². The normalized spacial score (nSPS) is 19.6. The van der Waals surface area contributed by atoms with Crippen LogP contribution in [0.25, 0.3) is 0 Å². The molecule has 29 heavy (non-hydrogen) atoms. The molecule has 2 atom stereocenters. The van der Waals surface area contributed by atoms with Crippen LogP contribution < -0.4 is 0 Å². The summed E-state index contributed by atoms with van der Waals surface area (Å²) in [6.45, 7) is 13.0. The third-order valence-corrected chi connectivity index (χ3v) is 5.72. The van der Waals surface area contributed by atoms with Gasteiger partial charge in [0.2, 0.25) is 0 Å². The van der Waals surface area contributed by atoms with E-state index in [1.807, 2.05) is 13.8 Å². The molecule has 0 unspecified atom stereocenters. The van der Waals surface area contributed by atoms with Gasteiger partial charge in [0.1, 0.15) is 20.2 Å². The molecule has 0 amide bonds. The van der Waals surface area contributed by atoms with Crippen LogP contribution in [0.5, 0.6) is 0 Å². The molecule has 0 saturated carbocycles. The van der Waals surface area contributed by atoms with Crippen LogP contribution in [0.1, 0.15) is 25.0 Å². The molecule has 3 rings (SSSR count). The Morgan fingerprint density at radius 3 is 1.90 bits per heavy atom. The van der Waals surface area contributed by atoms with E-state index in [0.29, 0.717) is 6.61 Å². The van der Waals surface area contributed by atoms with Gasteiger partial charge in [0.05, 0.1) is 6.61 Å². The highest BCUT2D eigenvalue weighted by molar-refractivity contribution is 6.83. The maximum absolute atomic E-state index is 6.28. The second-order valence-corrected chi connectivity index (χ2v) is 14.0. The monoisotopic (exact) mass is 407 g/mol. The minimum absolute atomic E-state index is 0.0242. The molecular formula is C25H33NO2Si. The van der Waals surface area contributed by atoms with Crippen LogP contribution in [-0.2, 0) is 22.6 Å². The van der Waals surface area contributed by atoms with E-state index in [-0.39, 0.29) is 12.1 Å². The average Bonchev–Trinajstić information content (AvgIpc) is 3.02. The van der Waals surface area contributed by atoms with E-state index in [1.165, 1.54) is 11.1 Å². The fraction of sp³-hybridized carbons (Fsp3) is 0.440. The smallest absolute Gasteiger partial charge is 0.163 e. The average molecular weight is 408 g/mol. The lowest BCUT2D eigenvalue weighted by Gasteiger charge is -2.32. The summed E-state index contributed by atoms with van der Waals surface area (Å²) in [5.41, 5.74) is 6.15. The fourth-order valence-corrected chi connectivity index (χ4v) is 4.05. The number of hydrogen-bond donors (Lipinski definition) is 0. The molecule has 1 aliphatic heterocycles.